The summed E-state index contributed by atoms with van der Waals surface area (Å²) in [5.74, 6) is 0. The van der Waals surface area contributed by atoms with E-state index in [-0.39, 0.29) is 0 Å². The number of aryl methyl sites for hydroxylation is 1. The molecule has 0 aliphatic rings. The van der Waals surface area contributed by atoms with Crippen LogP contribution in [0.2, 0.25) is 10.0 Å². The van der Waals surface area contributed by atoms with E-state index >= 15 is 0 Å². The molecule has 0 unspecified atom stereocenters. The van der Waals surface area contributed by atoms with Gasteiger partial charge < -0.3 is 0 Å². The quantitative estimate of drug-likeness (QED) is 0.571. The Labute approximate surface area is 119 Å². The second kappa shape index (κ2) is 4.54. The SMILES string of the molecule is Cc1ccc2nc(-c3ccc(Cl)cc3Cl)sc2c1. The number of rotatable bonds is 1. The zero-order valence-corrected chi connectivity index (χ0v) is 11.9. The monoisotopic (exact) mass is 293 g/mol. The Balaban J connectivity index is 2.19. The third-order valence-corrected chi connectivity index (χ3v) is 4.30. The minimum Gasteiger partial charge on any atom is -0.236 e. The lowest BCUT2D eigenvalue weighted by atomic mass is 10.2. The highest BCUT2D eigenvalue weighted by Gasteiger charge is 2.10. The number of aromatic nitrogens is 1. The summed E-state index contributed by atoms with van der Waals surface area (Å²) in [5, 5.41) is 2.20. The molecule has 0 fully saturated rings. The fraction of sp³-hybridized carbons (Fsp3) is 0.0714. The highest BCUT2D eigenvalue weighted by Crippen LogP contribution is 2.35. The van der Waals surface area contributed by atoms with Crippen LogP contribution in [0.4, 0.5) is 0 Å². The standard InChI is InChI=1S/C14H9Cl2NS/c1-8-2-5-12-13(6-8)18-14(17-12)10-4-3-9(15)7-11(10)16/h2-7H,1H3. The maximum atomic E-state index is 6.21. The molecule has 3 rings (SSSR count). The van der Waals surface area contributed by atoms with Crippen molar-refractivity contribution in [1.29, 1.82) is 0 Å². The van der Waals surface area contributed by atoms with Gasteiger partial charge in [0, 0.05) is 10.6 Å². The minimum absolute atomic E-state index is 0.637. The average Bonchev–Trinajstić information content (AvgIpc) is 2.71. The number of hydrogen-bond donors (Lipinski definition) is 0. The first-order valence-corrected chi connectivity index (χ1v) is 7.03. The van der Waals surface area contributed by atoms with Crippen LogP contribution in [0, 0.1) is 6.92 Å². The largest absolute Gasteiger partial charge is 0.236 e. The first kappa shape index (κ1) is 12.0. The molecule has 0 amide bonds. The summed E-state index contributed by atoms with van der Waals surface area (Å²) in [5.41, 5.74) is 3.17. The summed E-state index contributed by atoms with van der Waals surface area (Å²) < 4.78 is 1.18. The van der Waals surface area contributed by atoms with E-state index < -0.39 is 0 Å². The number of benzene rings is 2. The van der Waals surface area contributed by atoms with Crippen LogP contribution in [0.15, 0.2) is 36.4 Å². The molecule has 0 aliphatic carbocycles. The lowest BCUT2D eigenvalue weighted by molar-refractivity contribution is 1.45. The van der Waals surface area contributed by atoms with Crippen molar-refractivity contribution in [3.05, 3.63) is 52.0 Å². The van der Waals surface area contributed by atoms with Crippen molar-refractivity contribution in [2.45, 2.75) is 6.92 Å². The van der Waals surface area contributed by atoms with E-state index in [0.717, 1.165) is 16.1 Å². The molecule has 0 spiro atoms. The van der Waals surface area contributed by atoms with Gasteiger partial charge in [-0.25, -0.2) is 4.98 Å². The highest BCUT2D eigenvalue weighted by atomic mass is 35.5. The van der Waals surface area contributed by atoms with E-state index in [1.807, 2.05) is 18.2 Å². The molecule has 3 aromatic rings. The summed E-state index contributed by atoms with van der Waals surface area (Å²) in [4.78, 5) is 4.61. The molecule has 0 radical (unpaired) electrons. The van der Waals surface area contributed by atoms with Crippen LogP contribution >= 0.6 is 34.5 Å². The van der Waals surface area contributed by atoms with Crippen molar-refractivity contribution in [3.63, 3.8) is 0 Å². The summed E-state index contributed by atoms with van der Waals surface area (Å²) in [7, 11) is 0. The molecule has 90 valence electrons. The third-order valence-electron chi connectivity index (χ3n) is 2.71. The summed E-state index contributed by atoms with van der Waals surface area (Å²) in [6.45, 7) is 2.08. The van der Waals surface area contributed by atoms with Crippen LogP contribution in [-0.4, -0.2) is 4.98 Å². The topological polar surface area (TPSA) is 12.9 Å². The van der Waals surface area contributed by atoms with Gasteiger partial charge in [-0.3, -0.25) is 0 Å². The van der Waals surface area contributed by atoms with Gasteiger partial charge in [0.1, 0.15) is 5.01 Å². The second-order valence-electron chi connectivity index (χ2n) is 4.11. The van der Waals surface area contributed by atoms with E-state index in [9.17, 15) is 0 Å². The van der Waals surface area contributed by atoms with Gasteiger partial charge in [-0.2, -0.15) is 0 Å². The van der Waals surface area contributed by atoms with E-state index in [4.69, 9.17) is 23.2 Å². The van der Waals surface area contributed by atoms with Gasteiger partial charge in [0.25, 0.3) is 0 Å². The van der Waals surface area contributed by atoms with Crippen LogP contribution in [0.1, 0.15) is 5.56 Å². The van der Waals surface area contributed by atoms with Gasteiger partial charge >= 0.3 is 0 Å². The van der Waals surface area contributed by atoms with Crippen LogP contribution in [0.3, 0.4) is 0 Å². The van der Waals surface area contributed by atoms with Gasteiger partial charge in [0.05, 0.1) is 15.2 Å². The first-order chi connectivity index (χ1) is 8.63. The van der Waals surface area contributed by atoms with Crippen LogP contribution in [0.25, 0.3) is 20.8 Å². The Bertz CT molecular complexity index is 734. The Morgan fingerprint density at radius 2 is 1.89 bits per heavy atom. The van der Waals surface area contributed by atoms with Crippen molar-refractivity contribution in [2.24, 2.45) is 0 Å². The van der Waals surface area contributed by atoms with Gasteiger partial charge in [-0.05, 0) is 42.8 Å². The Morgan fingerprint density at radius 1 is 1.06 bits per heavy atom. The molecule has 1 heterocycles. The van der Waals surface area contributed by atoms with E-state index in [1.165, 1.54) is 10.3 Å². The first-order valence-electron chi connectivity index (χ1n) is 5.46. The van der Waals surface area contributed by atoms with Gasteiger partial charge in [0.15, 0.2) is 0 Å². The molecule has 18 heavy (non-hydrogen) atoms. The van der Waals surface area contributed by atoms with Crippen LogP contribution in [0.5, 0.6) is 0 Å². The molecule has 0 aliphatic heterocycles. The van der Waals surface area contributed by atoms with E-state index in [1.54, 1.807) is 17.4 Å². The van der Waals surface area contributed by atoms with Crippen LogP contribution < -0.4 is 0 Å². The molecular formula is C14H9Cl2NS. The third kappa shape index (κ3) is 2.12. The zero-order chi connectivity index (χ0) is 12.7. The maximum absolute atomic E-state index is 6.21. The predicted molar refractivity (Wildman–Crippen MR) is 79.8 cm³/mol. The lowest BCUT2D eigenvalue weighted by Crippen LogP contribution is -1.78. The lowest BCUT2D eigenvalue weighted by Gasteiger charge is -1.99. The van der Waals surface area contributed by atoms with Crippen molar-refractivity contribution in [3.8, 4) is 10.6 Å². The highest BCUT2D eigenvalue weighted by molar-refractivity contribution is 7.21. The molecule has 0 bridgehead atoms. The summed E-state index contributed by atoms with van der Waals surface area (Å²) in [6, 6.07) is 11.7. The molecule has 0 saturated heterocycles. The van der Waals surface area contributed by atoms with Crippen molar-refractivity contribution < 1.29 is 0 Å². The number of fused-ring (bicyclic) bond motifs is 1. The summed E-state index contributed by atoms with van der Waals surface area (Å²) >= 11 is 13.8. The summed E-state index contributed by atoms with van der Waals surface area (Å²) in [6.07, 6.45) is 0. The van der Waals surface area contributed by atoms with E-state index in [0.29, 0.717) is 10.0 Å². The maximum Gasteiger partial charge on any atom is 0.126 e. The Hall–Kier alpha value is -1.09. The Kier molecular flexibility index (Phi) is 3.02. The van der Waals surface area contributed by atoms with Crippen molar-refractivity contribution >= 4 is 44.8 Å². The molecule has 1 aromatic heterocycles. The Morgan fingerprint density at radius 3 is 2.67 bits per heavy atom. The molecule has 2 aromatic carbocycles. The smallest absolute Gasteiger partial charge is 0.126 e. The molecule has 1 nitrogen and oxygen atoms in total. The fourth-order valence-corrected chi connectivity index (χ4v) is 3.47. The average molecular weight is 294 g/mol. The van der Waals surface area contributed by atoms with Gasteiger partial charge in [-0.15, -0.1) is 11.3 Å². The minimum atomic E-state index is 0.637. The molecule has 0 saturated carbocycles. The predicted octanol–water partition coefficient (Wildman–Crippen LogP) is 5.58. The van der Waals surface area contributed by atoms with E-state index in [2.05, 4.69) is 24.0 Å². The molecular weight excluding hydrogens is 285 g/mol. The van der Waals surface area contributed by atoms with Gasteiger partial charge in [0.2, 0.25) is 0 Å². The zero-order valence-electron chi connectivity index (χ0n) is 9.58. The number of thiazole rings is 1. The van der Waals surface area contributed by atoms with Crippen molar-refractivity contribution in [1.82, 2.24) is 4.98 Å². The number of halogens is 2. The second-order valence-corrected chi connectivity index (χ2v) is 5.99. The van der Waals surface area contributed by atoms with Crippen LogP contribution in [-0.2, 0) is 0 Å². The number of hydrogen-bond acceptors (Lipinski definition) is 2. The van der Waals surface area contributed by atoms with Gasteiger partial charge in [-0.1, -0.05) is 29.3 Å². The van der Waals surface area contributed by atoms with Crippen molar-refractivity contribution in [2.75, 3.05) is 0 Å². The molecule has 0 N–H and O–H groups in total. The molecule has 0 atom stereocenters. The number of nitrogens with zero attached hydrogens (tertiary/aromatic N) is 1. The molecule has 4 heteroatoms. The fourth-order valence-electron chi connectivity index (χ4n) is 1.81. The normalized spacial score (nSPS) is 11.1.